The van der Waals surface area contributed by atoms with Crippen LogP contribution in [0.2, 0.25) is 5.02 Å². The summed E-state index contributed by atoms with van der Waals surface area (Å²) in [7, 11) is 0. The SMILES string of the molecule is CC(Br)c1c(Cl)cccc1C(F)(F)F. The summed E-state index contributed by atoms with van der Waals surface area (Å²) in [6, 6.07) is 3.77. The van der Waals surface area contributed by atoms with Crippen molar-refractivity contribution in [2.24, 2.45) is 0 Å². The molecule has 0 saturated carbocycles. The molecule has 14 heavy (non-hydrogen) atoms. The van der Waals surface area contributed by atoms with Gasteiger partial charge in [0.2, 0.25) is 0 Å². The van der Waals surface area contributed by atoms with Crippen LogP contribution in [0, 0.1) is 0 Å². The standard InChI is InChI=1S/C9H7BrClF3/c1-5(10)8-6(9(12,13)14)3-2-4-7(8)11/h2-5H,1H3. The van der Waals surface area contributed by atoms with Crippen molar-refractivity contribution in [1.29, 1.82) is 0 Å². The Morgan fingerprint density at radius 1 is 1.36 bits per heavy atom. The van der Waals surface area contributed by atoms with Crippen molar-refractivity contribution in [3.63, 3.8) is 0 Å². The van der Waals surface area contributed by atoms with Crippen molar-refractivity contribution < 1.29 is 13.2 Å². The second kappa shape index (κ2) is 4.11. The Bertz CT molecular complexity index is 333. The first-order valence-electron chi connectivity index (χ1n) is 3.83. The van der Waals surface area contributed by atoms with Crippen LogP contribution in [-0.2, 0) is 6.18 Å². The molecule has 0 N–H and O–H groups in total. The predicted octanol–water partition coefficient (Wildman–Crippen LogP) is 4.81. The number of alkyl halides is 4. The van der Waals surface area contributed by atoms with E-state index < -0.39 is 16.6 Å². The zero-order valence-corrected chi connectivity index (χ0v) is 9.54. The van der Waals surface area contributed by atoms with Gasteiger partial charge in [-0.3, -0.25) is 0 Å². The molecule has 0 aliphatic carbocycles. The minimum atomic E-state index is -4.36. The van der Waals surface area contributed by atoms with Crippen molar-refractivity contribution >= 4 is 27.5 Å². The highest BCUT2D eigenvalue weighted by atomic mass is 79.9. The van der Waals surface area contributed by atoms with Gasteiger partial charge in [0.25, 0.3) is 0 Å². The molecule has 0 nitrogen and oxygen atoms in total. The van der Waals surface area contributed by atoms with E-state index in [1.54, 1.807) is 6.92 Å². The zero-order valence-electron chi connectivity index (χ0n) is 7.20. The van der Waals surface area contributed by atoms with Crippen LogP contribution in [0.4, 0.5) is 13.2 Å². The van der Waals surface area contributed by atoms with Crippen molar-refractivity contribution in [1.82, 2.24) is 0 Å². The summed E-state index contributed by atoms with van der Waals surface area (Å²) in [5.41, 5.74) is -0.601. The minimum absolute atomic E-state index is 0.0849. The van der Waals surface area contributed by atoms with Gasteiger partial charge in [0.1, 0.15) is 0 Å². The van der Waals surface area contributed by atoms with Crippen LogP contribution in [-0.4, -0.2) is 0 Å². The second-order valence-corrected chi connectivity index (χ2v) is 4.60. The monoisotopic (exact) mass is 286 g/mol. The van der Waals surface area contributed by atoms with E-state index in [1.165, 1.54) is 12.1 Å². The number of halogens is 5. The second-order valence-electron chi connectivity index (χ2n) is 2.81. The molecule has 0 aliphatic heterocycles. The Hall–Kier alpha value is -0.220. The average Bonchev–Trinajstić information content (AvgIpc) is 2.01. The van der Waals surface area contributed by atoms with Crippen LogP contribution in [0.25, 0.3) is 0 Å². The first kappa shape index (κ1) is 11.9. The van der Waals surface area contributed by atoms with Gasteiger partial charge in [-0.05, 0) is 24.6 Å². The molecule has 1 unspecified atom stereocenters. The van der Waals surface area contributed by atoms with Crippen molar-refractivity contribution in [3.8, 4) is 0 Å². The third kappa shape index (κ3) is 2.42. The normalized spacial score (nSPS) is 14.1. The topological polar surface area (TPSA) is 0 Å². The van der Waals surface area contributed by atoms with Crippen LogP contribution >= 0.6 is 27.5 Å². The molecule has 0 radical (unpaired) electrons. The van der Waals surface area contributed by atoms with Gasteiger partial charge in [0.05, 0.1) is 5.56 Å². The lowest BCUT2D eigenvalue weighted by molar-refractivity contribution is -0.138. The van der Waals surface area contributed by atoms with E-state index in [1.807, 2.05) is 0 Å². The molecule has 0 aromatic heterocycles. The summed E-state index contributed by atoms with van der Waals surface area (Å²) >= 11 is 8.79. The molecule has 78 valence electrons. The number of hydrogen-bond donors (Lipinski definition) is 0. The lowest BCUT2D eigenvalue weighted by Crippen LogP contribution is -2.09. The lowest BCUT2D eigenvalue weighted by atomic mass is 10.0. The van der Waals surface area contributed by atoms with Gasteiger partial charge in [-0.25, -0.2) is 0 Å². The highest BCUT2D eigenvalue weighted by Gasteiger charge is 2.34. The Morgan fingerprint density at radius 3 is 2.29 bits per heavy atom. The maximum Gasteiger partial charge on any atom is 0.416 e. The number of hydrogen-bond acceptors (Lipinski definition) is 0. The molecule has 0 amide bonds. The lowest BCUT2D eigenvalue weighted by Gasteiger charge is -2.15. The Morgan fingerprint density at radius 2 is 1.93 bits per heavy atom. The first-order chi connectivity index (χ1) is 6.34. The summed E-state index contributed by atoms with van der Waals surface area (Å²) in [5.74, 6) is 0. The largest absolute Gasteiger partial charge is 0.416 e. The molecule has 1 rings (SSSR count). The molecule has 1 aromatic rings. The Labute approximate surface area is 93.2 Å². The fourth-order valence-electron chi connectivity index (χ4n) is 1.19. The summed E-state index contributed by atoms with van der Waals surface area (Å²) < 4.78 is 37.5. The van der Waals surface area contributed by atoms with E-state index in [4.69, 9.17) is 11.6 Å². The van der Waals surface area contributed by atoms with Crippen LogP contribution in [0.15, 0.2) is 18.2 Å². The van der Waals surface area contributed by atoms with E-state index in [0.717, 1.165) is 6.07 Å². The molecule has 0 aliphatic rings. The number of benzene rings is 1. The van der Waals surface area contributed by atoms with E-state index >= 15 is 0 Å². The zero-order chi connectivity index (χ0) is 10.9. The Kier molecular flexibility index (Phi) is 3.48. The molecule has 5 heteroatoms. The maximum absolute atomic E-state index is 12.5. The molecular formula is C9H7BrClF3. The molecular weight excluding hydrogens is 280 g/mol. The van der Waals surface area contributed by atoms with Crippen LogP contribution < -0.4 is 0 Å². The van der Waals surface area contributed by atoms with E-state index in [2.05, 4.69) is 15.9 Å². The van der Waals surface area contributed by atoms with Crippen molar-refractivity contribution in [3.05, 3.63) is 34.3 Å². The minimum Gasteiger partial charge on any atom is -0.166 e. The fraction of sp³-hybridized carbons (Fsp3) is 0.333. The number of rotatable bonds is 1. The van der Waals surface area contributed by atoms with Crippen LogP contribution in [0.1, 0.15) is 22.9 Å². The molecule has 1 atom stereocenters. The first-order valence-corrected chi connectivity index (χ1v) is 5.13. The van der Waals surface area contributed by atoms with Gasteiger partial charge in [-0.2, -0.15) is 13.2 Å². The average molecular weight is 288 g/mol. The summed E-state index contributed by atoms with van der Waals surface area (Å²) in [6.07, 6.45) is -4.36. The van der Waals surface area contributed by atoms with E-state index in [0.29, 0.717) is 0 Å². The quantitative estimate of drug-likeness (QED) is 0.650. The Balaban J connectivity index is 3.36. The van der Waals surface area contributed by atoms with Gasteiger partial charge in [0.15, 0.2) is 0 Å². The molecule has 1 aromatic carbocycles. The van der Waals surface area contributed by atoms with Gasteiger partial charge < -0.3 is 0 Å². The van der Waals surface area contributed by atoms with Crippen LogP contribution in [0.3, 0.4) is 0 Å². The predicted molar refractivity (Wildman–Crippen MR) is 53.8 cm³/mol. The van der Waals surface area contributed by atoms with Gasteiger partial charge in [-0.1, -0.05) is 33.6 Å². The summed E-state index contributed by atoms with van der Waals surface area (Å²) in [6.45, 7) is 1.61. The smallest absolute Gasteiger partial charge is 0.166 e. The molecule has 0 saturated heterocycles. The maximum atomic E-state index is 12.5. The molecule has 0 spiro atoms. The highest BCUT2D eigenvalue weighted by Crippen LogP contribution is 2.40. The van der Waals surface area contributed by atoms with Crippen molar-refractivity contribution in [2.45, 2.75) is 17.9 Å². The van der Waals surface area contributed by atoms with E-state index in [9.17, 15) is 13.2 Å². The molecule has 0 heterocycles. The third-order valence-corrected chi connectivity index (χ3v) is 2.54. The third-order valence-electron chi connectivity index (χ3n) is 1.76. The van der Waals surface area contributed by atoms with Gasteiger partial charge in [0, 0.05) is 9.85 Å². The summed E-state index contributed by atoms with van der Waals surface area (Å²) in [4.78, 5) is -0.423. The molecule has 0 fully saturated rings. The van der Waals surface area contributed by atoms with Crippen molar-refractivity contribution in [2.75, 3.05) is 0 Å². The fourth-order valence-corrected chi connectivity index (χ4v) is 2.15. The van der Waals surface area contributed by atoms with Gasteiger partial charge >= 0.3 is 6.18 Å². The summed E-state index contributed by atoms with van der Waals surface area (Å²) in [5, 5.41) is 0.129. The highest BCUT2D eigenvalue weighted by molar-refractivity contribution is 9.09. The van der Waals surface area contributed by atoms with Gasteiger partial charge in [-0.15, -0.1) is 0 Å². The molecule has 0 bridgehead atoms. The van der Waals surface area contributed by atoms with Crippen LogP contribution in [0.5, 0.6) is 0 Å². The van der Waals surface area contributed by atoms with E-state index in [-0.39, 0.29) is 10.6 Å².